The SMILES string of the molecule is Cc1ccc2sc(-c3cc(O)cc(O)c3)nc2c1. The first-order chi connectivity index (χ1) is 8.61. The van der Waals surface area contributed by atoms with Gasteiger partial charge in [-0.1, -0.05) is 6.07 Å². The molecule has 0 radical (unpaired) electrons. The van der Waals surface area contributed by atoms with Crippen molar-refractivity contribution in [3.63, 3.8) is 0 Å². The Labute approximate surface area is 108 Å². The molecule has 0 fully saturated rings. The molecule has 3 rings (SSSR count). The van der Waals surface area contributed by atoms with E-state index in [4.69, 9.17) is 0 Å². The lowest BCUT2D eigenvalue weighted by Crippen LogP contribution is -1.77. The average molecular weight is 257 g/mol. The number of phenolic OH excluding ortho intramolecular Hbond substituents is 2. The zero-order valence-corrected chi connectivity index (χ0v) is 10.5. The lowest BCUT2D eigenvalue weighted by Gasteiger charge is -1.99. The fourth-order valence-corrected chi connectivity index (χ4v) is 2.81. The first-order valence-electron chi connectivity index (χ1n) is 5.52. The number of aryl methyl sites for hydroxylation is 1. The Morgan fingerprint density at radius 3 is 2.44 bits per heavy atom. The molecule has 0 aliphatic rings. The van der Waals surface area contributed by atoms with Crippen molar-refractivity contribution in [2.45, 2.75) is 6.92 Å². The number of aromatic hydroxyl groups is 2. The van der Waals surface area contributed by atoms with Crippen LogP contribution in [0, 0.1) is 6.92 Å². The molecule has 3 nitrogen and oxygen atoms in total. The predicted octanol–water partition coefficient (Wildman–Crippen LogP) is 3.68. The van der Waals surface area contributed by atoms with E-state index >= 15 is 0 Å². The van der Waals surface area contributed by atoms with Crippen molar-refractivity contribution in [2.24, 2.45) is 0 Å². The molecule has 0 spiro atoms. The zero-order valence-electron chi connectivity index (χ0n) is 9.71. The standard InChI is InChI=1S/C14H11NO2S/c1-8-2-3-13-12(4-8)15-14(18-13)9-5-10(16)7-11(17)6-9/h2-7,16-17H,1H3. The van der Waals surface area contributed by atoms with Crippen LogP contribution in [0.1, 0.15) is 5.56 Å². The second-order valence-electron chi connectivity index (χ2n) is 4.23. The lowest BCUT2D eigenvalue weighted by molar-refractivity contribution is 0.451. The topological polar surface area (TPSA) is 53.4 Å². The molecule has 3 aromatic rings. The van der Waals surface area contributed by atoms with Crippen LogP contribution in [0.5, 0.6) is 11.5 Å². The Hall–Kier alpha value is -2.07. The summed E-state index contributed by atoms with van der Waals surface area (Å²) in [7, 11) is 0. The van der Waals surface area contributed by atoms with Crippen LogP contribution in [0.3, 0.4) is 0 Å². The third kappa shape index (κ3) is 1.91. The Morgan fingerprint density at radius 1 is 1.00 bits per heavy atom. The molecule has 90 valence electrons. The van der Waals surface area contributed by atoms with Crippen LogP contribution in [0.2, 0.25) is 0 Å². The van der Waals surface area contributed by atoms with Gasteiger partial charge in [0.2, 0.25) is 0 Å². The fraction of sp³-hybridized carbons (Fsp3) is 0.0714. The highest BCUT2D eigenvalue weighted by Gasteiger charge is 2.08. The van der Waals surface area contributed by atoms with E-state index in [1.165, 1.54) is 6.07 Å². The third-order valence-electron chi connectivity index (χ3n) is 2.69. The normalized spacial score (nSPS) is 10.9. The maximum absolute atomic E-state index is 9.49. The van der Waals surface area contributed by atoms with Crippen LogP contribution in [-0.2, 0) is 0 Å². The van der Waals surface area contributed by atoms with Crippen LogP contribution >= 0.6 is 11.3 Å². The molecular formula is C14H11NO2S. The van der Waals surface area contributed by atoms with Crippen molar-refractivity contribution in [1.82, 2.24) is 4.98 Å². The Balaban J connectivity index is 2.19. The Kier molecular flexibility index (Phi) is 2.45. The molecule has 0 saturated carbocycles. The quantitative estimate of drug-likeness (QED) is 0.699. The number of hydrogen-bond donors (Lipinski definition) is 2. The lowest BCUT2D eigenvalue weighted by atomic mass is 10.2. The number of thiazole rings is 1. The number of hydrogen-bond acceptors (Lipinski definition) is 4. The number of rotatable bonds is 1. The van der Waals surface area contributed by atoms with Crippen LogP contribution in [0.15, 0.2) is 36.4 Å². The molecule has 0 aliphatic carbocycles. The van der Waals surface area contributed by atoms with Gasteiger partial charge in [0.25, 0.3) is 0 Å². The second kappa shape index (κ2) is 3.99. The Morgan fingerprint density at radius 2 is 1.72 bits per heavy atom. The van der Waals surface area contributed by atoms with E-state index in [1.54, 1.807) is 23.5 Å². The van der Waals surface area contributed by atoms with Crippen molar-refractivity contribution >= 4 is 21.6 Å². The van der Waals surface area contributed by atoms with Gasteiger partial charge < -0.3 is 10.2 Å². The molecule has 18 heavy (non-hydrogen) atoms. The molecule has 0 atom stereocenters. The van der Waals surface area contributed by atoms with Crippen molar-refractivity contribution < 1.29 is 10.2 Å². The number of aromatic nitrogens is 1. The van der Waals surface area contributed by atoms with E-state index < -0.39 is 0 Å². The molecule has 2 N–H and O–H groups in total. The summed E-state index contributed by atoms with van der Waals surface area (Å²) in [5.41, 5.74) is 2.84. The number of fused-ring (bicyclic) bond motifs is 1. The third-order valence-corrected chi connectivity index (χ3v) is 3.78. The summed E-state index contributed by atoms with van der Waals surface area (Å²) in [5, 5.41) is 19.8. The van der Waals surface area contributed by atoms with Gasteiger partial charge in [0.05, 0.1) is 10.2 Å². The van der Waals surface area contributed by atoms with Crippen molar-refractivity contribution in [3.05, 3.63) is 42.0 Å². The average Bonchev–Trinajstić information content (AvgIpc) is 2.70. The van der Waals surface area contributed by atoms with Crippen LogP contribution < -0.4 is 0 Å². The highest BCUT2D eigenvalue weighted by Crippen LogP contribution is 2.34. The fourth-order valence-electron chi connectivity index (χ4n) is 1.88. The minimum atomic E-state index is 0.0421. The summed E-state index contributed by atoms with van der Waals surface area (Å²) in [4.78, 5) is 4.52. The van der Waals surface area contributed by atoms with Gasteiger partial charge in [-0.2, -0.15) is 0 Å². The molecule has 0 aliphatic heterocycles. The van der Waals surface area contributed by atoms with E-state index in [2.05, 4.69) is 4.98 Å². The molecular weight excluding hydrogens is 246 g/mol. The van der Waals surface area contributed by atoms with E-state index in [-0.39, 0.29) is 11.5 Å². The highest BCUT2D eigenvalue weighted by molar-refractivity contribution is 7.21. The second-order valence-corrected chi connectivity index (χ2v) is 5.26. The highest BCUT2D eigenvalue weighted by atomic mass is 32.1. The summed E-state index contributed by atoms with van der Waals surface area (Å²) in [5.74, 6) is 0.0841. The minimum Gasteiger partial charge on any atom is -0.508 e. The van der Waals surface area contributed by atoms with E-state index in [1.807, 2.05) is 25.1 Å². The number of phenols is 2. The largest absolute Gasteiger partial charge is 0.508 e. The van der Waals surface area contributed by atoms with Crippen molar-refractivity contribution in [1.29, 1.82) is 0 Å². The zero-order chi connectivity index (χ0) is 12.7. The van der Waals surface area contributed by atoms with Crippen molar-refractivity contribution in [2.75, 3.05) is 0 Å². The molecule has 0 bridgehead atoms. The summed E-state index contributed by atoms with van der Waals surface area (Å²) < 4.78 is 1.10. The van der Waals surface area contributed by atoms with Gasteiger partial charge in [0, 0.05) is 11.6 Å². The van der Waals surface area contributed by atoms with Gasteiger partial charge in [-0.25, -0.2) is 4.98 Å². The summed E-state index contributed by atoms with van der Waals surface area (Å²) in [6.07, 6.45) is 0. The van der Waals surface area contributed by atoms with E-state index in [0.29, 0.717) is 0 Å². The van der Waals surface area contributed by atoms with Gasteiger partial charge >= 0.3 is 0 Å². The molecule has 1 heterocycles. The van der Waals surface area contributed by atoms with Gasteiger partial charge in [-0.3, -0.25) is 0 Å². The Bertz CT molecular complexity index is 713. The van der Waals surface area contributed by atoms with Crippen LogP contribution in [0.25, 0.3) is 20.8 Å². The number of benzene rings is 2. The molecule has 0 amide bonds. The summed E-state index contributed by atoms with van der Waals surface area (Å²) >= 11 is 1.54. The van der Waals surface area contributed by atoms with Crippen LogP contribution in [-0.4, -0.2) is 15.2 Å². The van der Waals surface area contributed by atoms with Gasteiger partial charge in [-0.05, 0) is 36.8 Å². The maximum atomic E-state index is 9.49. The van der Waals surface area contributed by atoms with Crippen LogP contribution in [0.4, 0.5) is 0 Å². The molecule has 4 heteroatoms. The predicted molar refractivity (Wildman–Crippen MR) is 73.1 cm³/mol. The van der Waals surface area contributed by atoms with Gasteiger partial charge in [0.1, 0.15) is 16.5 Å². The molecule has 0 saturated heterocycles. The summed E-state index contributed by atoms with van der Waals surface area (Å²) in [6.45, 7) is 2.03. The smallest absolute Gasteiger partial charge is 0.124 e. The minimum absolute atomic E-state index is 0.0421. The molecule has 1 aromatic heterocycles. The van der Waals surface area contributed by atoms with Crippen molar-refractivity contribution in [3.8, 4) is 22.1 Å². The first kappa shape index (κ1) is 11.0. The summed E-state index contributed by atoms with van der Waals surface area (Å²) in [6, 6.07) is 10.6. The van der Waals surface area contributed by atoms with E-state index in [0.717, 1.165) is 26.4 Å². The monoisotopic (exact) mass is 257 g/mol. The number of nitrogens with zero attached hydrogens (tertiary/aromatic N) is 1. The maximum Gasteiger partial charge on any atom is 0.124 e. The first-order valence-corrected chi connectivity index (χ1v) is 6.34. The molecule has 2 aromatic carbocycles. The van der Waals surface area contributed by atoms with E-state index in [9.17, 15) is 10.2 Å². The molecule has 0 unspecified atom stereocenters. The van der Waals surface area contributed by atoms with Gasteiger partial charge in [-0.15, -0.1) is 11.3 Å². The van der Waals surface area contributed by atoms with Gasteiger partial charge in [0.15, 0.2) is 0 Å².